The van der Waals surface area contributed by atoms with Crippen molar-refractivity contribution in [1.82, 2.24) is 5.32 Å². The molecule has 3 nitrogen and oxygen atoms in total. The van der Waals surface area contributed by atoms with Gasteiger partial charge in [-0.25, -0.2) is 8.42 Å². The van der Waals surface area contributed by atoms with E-state index in [1.54, 1.807) is 12.1 Å². The van der Waals surface area contributed by atoms with Gasteiger partial charge in [0, 0.05) is 12.3 Å². The summed E-state index contributed by atoms with van der Waals surface area (Å²) in [5.74, 6) is 0.220. The molecule has 0 aliphatic heterocycles. The summed E-state index contributed by atoms with van der Waals surface area (Å²) in [4.78, 5) is 0.465. The summed E-state index contributed by atoms with van der Waals surface area (Å²) in [6.45, 7) is 7.32. The van der Waals surface area contributed by atoms with Gasteiger partial charge < -0.3 is 5.32 Å². The molecule has 0 spiro atoms. The van der Waals surface area contributed by atoms with Crippen LogP contribution in [-0.2, 0) is 9.84 Å². The monoisotopic (exact) mass is 283 g/mol. The molecule has 0 aliphatic rings. The van der Waals surface area contributed by atoms with Gasteiger partial charge in [0.1, 0.15) is 0 Å². The third-order valence-electron chi connectivity index (χ3n) is 3.48. The summed E-state index contributed by atoms with van der Waals surface area (Å²) in [6.07, 6.45) is 3.28. The van der Waals surface area contributed by atoms with E-state index in [9.17, 15) is 8.42 Å². The lowest BCUT2D eigenvalue weighted by Crippen LogP contribution is -2.33. The Kier molecular flexibility index (Phi) is 6.01. The molecule has 1 rings (SSSR count). The van der Waals surface area contributed by atoms with Crippen LogP contribution in [-0.4, -0.2) is 27.3 Å². The molecule has 19 heavy (non-hydrogen) atoms. The average Bonchev–Trinajstić information content (AvgIpc) is 2.36. The van der Waals surface area contributed by atoms with Crippen LogP contribution in [0.2, 0.25) is 0 Å². The van der Waals surface area contributed by atoms with Gasteiger partial charge in [0.25, 0.3) is 0 Å². The highest BCUT2D eigenvalue weighted by atomic mass is 32.2. The van der Waals surface area contributed by atoms with Crippen molar-refractivity contribution in [3.8, 4) is 0 Å². The van der Waals surface area contributed by atoms with E-state index < -0.39 is 9.84 Å². The van der Waals surface area contributed by atoms with Crippen LogP contribution in [0.5, 0.6) is 0 Å². The number of rotatable bonds is 7. The van der Waals surface area contributed by atoms with Gasteiger partial charge in [-0.3, -0.25) is 0 Å². The molecule has 0 saturated heterocycles. The fourth-order valence-electron chi connectivity index (χ4n) is 2.48. The van der Waals surface area contributed by atoms with Crippen molar-refractivity contribution in [2.24, 2.45) is 0 Å². The van der Waals surface area contributed by atoms with Crippen LogP contribution >= 0.6 is 0 Å². The Balaban J connectivity index is 3.12. The standard InChI is InChI=1S/C15H25NO2S/c1-5-11-16-12(3)13(6-2)14-9-7-8-10-15(14)19(4,17)18/h7-10,12-13,16H,5-6,11H2,1-4H3. The Labute approximate surface area is 117 Å². The fraction of sp³-hybridized carbons (Fsp3) is 0.600. The zero-order valence-corrected chi connectivity index (χ0v) is 13.1. The maximum atomic E-state index is 11.9. The number of benzene rings is 1. The zero-order valence-electron chi connectivity index (χ0n) is 12.3. The predicted octanol–water partition coefficient (Wildman–Crippen LogP) is 2.97. The van der Waals surface area contributed by atoms with Gasteiger partial charge in [0.15, 0.2) is 9.84 Å². The van der Waals surface area contributed by atoms with E-state index in [0.717, 1.165) is 24.9 Å². The second-order valence-corrected chi connectivity index (χ2v) is 7.05. The minimum Gasteiger partial charge on any atom is -0.314 e. The summed E-state index contributed by atoms with van der Waals surface area (Å²) < 4.78 is 23.8. The molecule has 2 unspecified atom stereocenters. The molecule has 1 aromatic rings. The van der Waals surface area contributed by atoms with E-state index in [-0.39, 0.29) is 12.0 Å². The van der Waals surface area contributed by atoms with Crippen molar-refractivity contribution in [3.63, 3.8) is 0 Å². The van der Waals surface area contributed by atoms with E-state index in [2.05, 4.69) is 26.1 Å². The van der Waals surface area contributed by atoms with Gasteiger partial charge in [0.2, 0.25) is 0 Å². The lowest BCUT2D eigenvalue weighted by Gasteiger charge is -2.26. The molecule has 0 radical (unpaired) electrons. The fourth-order valence-corrected chi connectivity index (χ4v) is 3.45. The molecule has 2 atom stereocenters. The van der Waals surface area contributed by atoms with E-state index >= 15 is 0 Å². The first kappa shape index (κ1) is 16.2. The summed E-state index contributed by atoms with van der Waals surface area (Å²) >= 11 is 0. The SMILES string of the molecule is CCCNC(C)C(CC)c1ccccc1S(C)(=O)=O. The topological polar surface area (TPSA) is 46.2 Å². The van der Waals surface area contributed by atoms with Crippen LogP contribution in [0.15, 0.2) is 29.2 Å². The van der Waals surface area contributed by atoms with Crippen molar-refractivity contribution in [2.75, 3.05) is 12.8 Å². The molecule has 0 aromatic heterocycles. The smallest absolute Gasteiger partial charge is 0.175 e. The molecule has 1 N–H and O–H groups in total. The molecule has 108 valence electrons. The maximum absolute atomic E-state index is 11.9. The lowest BCUT2D eigenvalue weighted by atomic mass is 9.90. The largest absolute Gasteiger partial charge is 0.314 e. The summed E-state index contributed by atoms with van der Waals surface area (Å²) in [7, 11) is -3.17. The van der Waals surface area contributed by atoms with Crippen LogP contribution in [0.4, 0.5) is 0 Å². The van der Waals surface area contributed by atoms with Crippen LogP contribution in [0.3, 0.4) is 0 Å². The van der Waals surface area contributed by atoms with Crippen LogP contribution in [0.25, 0.3) is 0 Å². The van der Waals surface area contributed by atoms with Crippen molar-refractivity contribution in [1.29, 1.82) is 0 Å². The van der Waals surface area contributed by atoms with E-state index in [1.807, 2.05) is 12.1 Å². The second-order valence-electron chi connectivity index (χ2n) is 5.07. The highest BCUT2D eigenvalue weighted by Crippen LogP contribution is 2.29. The zero-order chi connectivity index (χ0) is 14.5. The minimum absolute atomic E-state index is 0.220. The van der Waals surface area contributed by atoms with Crippen LogP contribution in [0.1, 0.15) is 45.1 Å². The molecule has 0 aliphatic carbocycles. The highest BCUT2D eigenvalue weighted by Gasteiger charge is 2.23. The third-order valence-corrected chi connectivity index (χ3v) is 4.65. The molecular formula is C15H25NO2S. The van der Waals surface area contributed by atoms with Crippen molar-refractivity contribution >= 4 is 9.84 Å². The van der Waals surface area contributed by atoms with Gasteiger partial charge in [-0.05, 0) is 43.9 Å². The van der Waals surface area contributed by atoms with Crippen molar-refractivity contribution in [2.45, 2.75) is 50.5 Å². The van der Waals surface area contributed by atoms with Crippen molar-refractivity contribution in [3.05, 3.63) is 29.8 Å². The molecule has 1 aromatic carbocycles. The first-order chi connectivity index (χ1) is 8.91. The van der Waals surface area contributed by atoms with E-state index in [0.29, 0.717) is 4.90 Å². The van der Waals surface area contributed by atoms with Gasteiger partial charge in [-0.1, -0.05) is 32.0 Å². The van der Waals surface area contributed by atoms with Gasteiger partial charge in [-0.2, -0.15) is 0 Å². The van der Waals surface area contributed by atoms with Crippen LogP contribution in [0, 0.1) is 0 Å². The molecule has 0 fully saturated rings. The number of nitrogens with one attached hydrogen (secondary N) is 1. The summed E-state index contributed by atoms with van der Waals surface area (Å²) in [5, 5.41) is 3.47. The Morgan fingerprint density at radius 3 is 2.37 bits per heavy atom. The first-order valence-electron chi connectivity index (χ1n) is 6.94. The van der Waals surface area contributed by atoms with Gasteiger partial charge in [-0.15, -0.1) is 0 Å². The Morgan fingerprint density at radius 2 is 1.84 bits per heavy atom. The normalized spacial score (nSPS) is 15.2. The van der Waals surface area contributed by atoms with Gasteiger partial charge in [0.05, 0.1) is 4.90 Å². The first-order valence-corrected chi connectivity index (χ1v) is 8.83. The van der Waals surface area contributed by atoms with Crippen LogP contribution < -0.4 is 5.32 Å². The average molecular weight is 283 g/mol. The number of hydrogen-bond acceptors (Lipinski definition) is 3. The molecular weight excluding hydrogens is 258 g/mol. The van der Waals surface area contributed by atoms with E-state index in [1.165, 1.54) is 6.26 Å². The van der Waals surface area contributed by atoms with E-state index in [4.69, 9.17) is 0 Å². The summed E-state index contributed by atoms with van der Waals surface area (Å²) in [5.41, 5.74) is 0.934. The van der Waals surface area contributed by atoms with Crippen molar-refractivity contribution < 1.29 is 8.42 Å². The second kappa shape index (κ2) is 7.06. The predicted molar refractivity (Wildman–Crippen MR) is 80.3 cm³/mol. The molecule has 0 amide bonds. The minimum atomic E-state index is -3.17. The Morgan fingerprint density at radius 1 is 1.21 bits per heavy atom. The quantitative estimate of drug-likeness (QED) is 0.837. The Bertz CT molecular complexity index is 497. The molecule has 0 heterocycles. The lowest BCUT2D eigenvalue weighted by molar-refractivity contribution is 0.445. The molecule has 0 bridgehead atoms. The number of sulfone groups is 1. The number of hydrogen-bond donors (Lipinski definition) is 1. The third kappa shape index (κ3) is 4.32. The Hall–Kier alpha value is -0.870. The molecule has 0 saturated carbocycles. The summed E-state index contributed by atoms with van der Waals surface area (Å²) in [6, 6.07) is 7.62. The molecule has 4 heteroatoms. The highest BCUT2D eigenvalue weighted by molar-refractivity contribution is 7.90. The van der Waals surface area contributed by atoms with Gasteiger partial charge >= 0.3 is 0 Å². The maximum Gasteiger partial charge on any atom is 0.175 e.